The molecule has 0 aliphatic carbocycles. The summed E-state index contributed by atoms with van der Waals surface area (Å²) in [7, 11) is 0. The van der Waals surface area contributed by atoms with E-state index in [-0.39, 0.29) is 16.3 Å². The maximum Gasteiger partial charge on any atom is 0.322 e. The molecule has 0 aromatic carbocycles. The number of thioether (sulfide) groups is 1. The minimum atomic E-state index is -0.953. The zero-order valence-corrected chi connectivity index (χ0v) is 8.01. The van der Waals surface area contributed by atoms with Gasteiger partial charge in [-0.1, -0.05) is 11.6 Å². The summed E-state index contributed by atoms with van der Waals surface area (Å²) in [5.41, 5.74) is 0. The Morgan fingerprint density at radius 2 is 2.46 bits per heavy atom. The number of rotatable bonds is 1. The van der Waals surface area contributed by atoms with Crippen molar-refractivity contribution in [2.24, 2.45) is 0 Å². The van der Waals surface area contributed by atoms with Gasteiger partial charge in [0.1, 0.15) is 5.25 Å². The SMILES string of the molecule is O=C(O)C1S[C@@H]2CC(=O)N2C=C1Cl. The molecule has 70 valence electrons. The van der Waals surface area contributed by atoms with Crippen LogP contribution >= 0.6 is 23.4 Å². The first-order chi connectivity index (χ1) is 6.09. The number of amides is 1. The van der Waals surface area contributed by atoms with E-state index in [9.17, 15) is 9.59 Å². The fourth-order valence-corrected chi connectivity index (χ4v) is 2.79. The summed E-state index contributed by atoms with van der Waals surface area (Å²) in [5, 5.41) is 8.22. The first-order valence-corrected chi connectivity index (χ1v) is 4.98. The van der Waals surface area contributed by atoms with E-state index in [0.717, 1.165) is 0 Å². The molecule has 2 heterocycles. The molecule has 1 saturated heterocycles. The number of carbonyl (C=O) groups excluding carboxylic acids is 1. The normalized spacial score (nSPS) is 31.9. The molecule has 2 rings (SSSR count). The first kappa shape index (κ1) is 8.90. The third-order valence-corrected chi connectivity index (χ3v) is 3.86. The summed E-state index contributed by atoms with van der Waals surface area (Å²) < 4.78 is 0. The van der Waals surface area contributed by atoms with Crippen LogP contribution < -0.4 is 0 Å². The molecule has 1 N–H and O–H groups in total. The average molecular weight is 220 g/mol. The van der Waals surface area contributed by atoms with E-state index in [1.807, 2.05) is 0 Å². The molecule has 0 aromatic rings. The van der Waals surface area contributed by atoms with Crippen LogP contribution in [0.15, 0.2) is 11.2 Å². The largest absolute Gasteiger partial charge is 0.480 e. The lowest BCUT2D eigenvalue weighted by molar-refractivity contribution is -0.139. The van der Waals surface area contributed by atoms with E-state index < -0.39 is 11.2 Å². The predicted octanol–water partition coefficient (Wildman–Crippen LogP) is 0.825. The molecular formula is C7H6ClNO3S. The average Bonchev–Trinajstić information content (AvgIpc) is 2.06. The van der Waals surface area contributed by atoms with Gasteiger partial charge in [0.15, 0.2) is 0 Å². The zero-order valence-electron chi connectivity index (χ0n) is 6.44. The number of nitrogens with zero attached hydrogens (tertiary/aromatic N) is 1. The number of carbonyl (C=O) groups is 2. The van der Waals surface area contributed by atoms with Crippen molar-refractivity contribution in [2.75, 3.05) is 0 Å². The van der Waals surface area contributed by atoms with Gasteiger partial charge in [-0.15, -0.1) is 11.8 Å². The van der Waals surface area contributed by atoms with Gasteiger partial charge in [0.25, 0.3) is 0 Å². The Bertz CT molecular complexity index is 317. The van der Waals surface area contributed by atoms with Gasteiger partial charge in [0, 0.05) is 6.20 Å². The number of carboxylic acid groups (broad SMARTS) is 1. The van der Waals surface area contributed by atoms with Crippen LogP contribution in [0.4, 0.5) is 0 Å². The maximum absolute atomic E-state index is 10.9. The Kier molecular flexibility index (Phi) is 2.00. The Labute approximate surface area is 83.5 Å². The third-order valence-electron chi connectivity index (χ3n) is 1.98. The van der Waals surface area contributed by atoms with E-state index >= 15 is 0 Å². The van der Waals surface area contributed by atoms with E-state index in [4.69, 9.17) is 16.7 Å². The van der Waals surface area contributed by atoms with Crippen molar-refractivity contribution in [1.82, 2.24) is 4.90 Å². The maximum atomic E-state index is 10.9. The highest BCUT2D eigenvalue weighted by atomic mass is 35.5. The quantitative estimate of drug-likeness (QED) is 0.664. The van der Waals surface area contributed by atoms with Crippen molar-refractivity contribution in [3.63, 3.8) is 0 Å². The van der Waals surface area contributed by atoms with Gasteiger partial charge in [0.05, 0.1) is 16.8 Å². The number of aliphatic carboxylic acids is 1. The van der Waals surface area contributed by atoms with Crippen molar-refractivity contribution in [3.8, 4) is 0 Å². The van der Waals surface area contributed by atoms with Gasteiger partial charge in [-0.3, -0.25) is 9.59 Å². The minimum Gasteiger partial charge on any atom is -0.480 e. The second-order valence-electron chi connectivity index (χ2n) is 2.83. The lowest BCUT2D eigenvalue weighted by Gasteiger charge is -2.41. The van der Waals surface area contributed by atoms with Crippen molar-refractivity contribution < 1.29 is 14.7 Å². The molecule has 2 atom stereocenters. The van der Waals surface area contributed by atoms with Crippen LogP contribution in [0.25, 0.3) is 0 Å². The van der Waals surface area contributed by atoms with Crippen LogP contribution in [0.5, 0.6) is 0 Å². The number of fused-ring (bicyclic) bond motifs is 1. The molecule has 13 heavy (non-hydrogen) atoms. The number of halogens is 1. The molecule has 4 nitrogen and oxygen atoms in total. The van der Waals surface area contributed by atoms with Gasteiger partial charge in [0.2, 0.25) is 5.91 Å². The molecule has 0 bridgehead atoms. The molecule has 1 unspecified atom stereocenters. The predicted molar refractivity (Wildman–Crippen MR) is 48.2 cm³/mol. The Morgan fingerprint density at radius 3 is 3.00 bits per heavy atom. The van der Waals surface area contributed by atoms with Gasteiger partial charge >= 0.3 is 5.97 Å². The Hall–Kier alpha value is -0.680. The highest BCUT2D eigenvalue weighted by Crippen LogP contribution is 2.41. The van der Waals surface area contributed by atoms with Gasteiger partial charge < -0.3 is 10.0 Å². The van der Waals surface area contributed by atoms with Crippen LogP contribution in [0, 0.1) is 0 Å². The lowest BCUT2D eigenvalue weighted by atomic mass is 10.2. The summed E-state index contributed by atoms with van der Waals surface area (Å²) >= 11 is 6.91. The van der Waals surface area contributed by atoms with Gasteiger partial charge in [-0.2, -0.15) is 0 Å². The monoisotopic (exact) mass is 219 g/mol. The van der Waals surface area contributed by atoms with Crippen LogP contribution in [0.3, 0.4) is 0 Å². The summed E-state index contributed by atoms with van der Waals surface area (Å²) in [6, 6.07) is 0. The molecule has 0 aromatic heterocycles. The molecule has 6 heteroatoms. The molecular weight excluding hydrogens is 214 g/mol. The second-order valence-corrected chi connectivity index (χ2v) is 4.55. The standard InChI is InChI=1S/C7H6ClNO3S/c8-3-2-9-4(10)1-5(9)13-6(3)7(11)12/h2,5-6H,1H2,(H,11,12)/t5-,6?/m1/s1. The molecule has 2 aliphatic heterocycles. The Morgan fingerprint density at radius 1 is 1.77 bits per heavy atom. The summed E-state index contributed by atoms with van der Waals surface area (Å²) in [6.45, 7) is 0. The zero-order chi connectivity index (χ0) is 9.59. The van der Waals surface area contributed by atoms with Crippen LogP contribution in [-0.2, 0) is 9.59 Å². The molecule has 1 fully saturated rings. The second kappa shape index (κ2) is 2.92. The fourth-order valence-electron chi connectivity index (χ4n) is 1.27. The molecule has 0 radical (unpaired) electrons. The van der Waals surface area contributed by atoms with E-state index in [2.05, 4.69) is 0 Å². The molecule has 0 spiro atoms. The third kappa shape index (κ3) is 1.32. The molecule has 2 aliphatic rings. The highest BCUT2D eigenvalue weighted by molar-refractivity contribution is 8.01. The summed E-state index contributed by atoms with van der Waals surface area (Å²) in [5.74, 6) is -0.954. The lowest BCUT2D eigenvalue weighted by Crippen LogP contribution is -2.51. The number of carboxylic acids is 1. The fraction of sp³-hybridized carbons (Fsp3) is 0.429. The molecule has 0 saturated carbocycles. The van der Waals surface area contributed by atoms with Gasteiger partial charge in [-0.05, 0) is 0 Å². The molecule has 1 amide bonds. The number of β-lactam (4-membered cyclic amide) rings is 1. The van der Waals surface area contributed by atoms with E-state index in [1.165, 1.54) is 22.9 Å². The highest BCUT2D eigenvalue weighted by Gasteiger charge is 2.43. The first-order valence-electron chi connectivity index (χ1n) is 3.66. The summed E-state index contributed by atoms with van der Waals surface area (Å²) in [6.07, 6.45) is 1.84. The van der Waals surface area contributed by atoms with E-state index in [1.54, 1.807) is 0 Å². The van der Waals surface area contributed by atoms with Crippen molar-refractivity contribution in [3.05, 3.63) is 11.2 Å². The smallest absolute Gasteiger partial charge is 0.322 e. The topological polar surface area (TPSA) is 57.6 Å². The van der Waals surface area contributed by atoms with E-state index in [0.29, 0.717) is 6.42 Å². The van der Waals surface area contributed by atoms with Crippen LogP contribution in [0.1, 0.15) is 6.42 Å². The van der Waals surface area contributed by atoms with Crippen molar-refractivity contribution in [2.45, 2.75) is 17.0 Å². The number of hydrogen-bond acceptors (Lipinski definition) is 3. The summed E-state index contributed by atoms with van der Waals surface area (Å²) in [4.78, 5) is 23.1. The van der Waals surface area contributed by atoms with Crippen molar-refractivity contribution in [1.29, 1.82) is 0 Å². The van der Waals surface area contributed by atoms with Gasteiger partial charge in [-0.25, -0.2) is 0 Å². The Balaban J connectivity index is 2.21. The van der Waals surface area contributed by atoms with Crippen LogP contribution in [-0.4, -0.2) is 32.5 Å². The van der Waals surface area contributed by atoms with Crippen LogP contribution in [0.2, 0.25) is 0 Å². The van der Waals surface area contributed by atoms with Crippen molar-refractivity contribution >= 4 is 35.2 Å². The number of hydrogen-bond donors (Lipinski definition) is 1. The minimum absolute atomic E-state index is 0.000473.